The molecule has 0 spiro atoms. The van der Waals surface area contributed by atoms with Crippen LogP contribution in [0, 0.1) is 6.20 Å². The smallest absolute Gasteiger partial charge is 0.161 e. The van der Waals surface area contributed by atoms with Gasteiger partial charge in [0.15, 0.2) is 11.5 Å². The van der Waals surface area contributed by atoms with E-state index in [-0.39, 0.29) is 0 Å². The average Bonchev–Trinajstić information content (AvgIpc) is 3.37. The van der Waals surface area contributed by atoms with Gasteiger partial charge < -0.3 is 9.47 Å². The van der Waals surface area contributed by atoms with E-state index in [1.54, 1.807) is 43.1 Å². The highest BCUT2D eigenvalue weighted by molar-refractivity contribution is 7.19. The van der Waals surface area contributed by atoms with Crippen molar-refractivity contribution < 1.29 is 9.47 Å². The fourth-order valence-corrected chi connectivity index (χ4v) is 4.15. The Morgan fingerprint density at radius 1 is 1.00 bits per heavy atom. The van der Waals surface area contributed by atoms with E-state index >= 15 is 0 Å². The zero-order valence-electron chi connectivity index (χ0n) is 14.1. The zero-order chi connectivity index (χ0) is 17.9. The van der Waals surface area contributed by atoms with Crippen LogP contribution in [-0.4, -0.2) is 29.2 Å². The van der Waals surface area contributed by atoms with Crippen molar-refractivity contribution in [1.82, 2.24) is 15.0 Å². The number of pyridine rings is 1. The van der Waals surface area contributed by atoms with Crippen LogP contribution in [0.15, 0.2) is 48.1 Å². The summed E-state index contributed by atoms with van der Waals surface area (Å²) in [5.74, 6) is 1.37. The highest BCUT2D eigenvalue weighted by Crippen LogP contribution is 2.37. The Bertz CT molecular complexity index is 1030. The lowest BCUT2D eigenvalue weighted by molar-refractivity contribution is 0.355. The SMILES string of the molecule is COc1ccc(-c2n[c]c(-c3csc(-c4cccnc4)n3)s2)cc1OC. The van der Waals surface area contributed by atoms with Gasteiger partial charge in [-0.1, -0.05) is 0 Å². The predicted octanol–water partition coefficient (Wildman–Crippen LogP) is 4.81. The number of thiazole rings is 2. The summed E-state index contributed by atoms with van der Waals surface area (Å²) in [6.07, 6.45) is 6.64. The van der Waals surface area contributed by atoms with Gasteiger partial charge in [-0.25, -0.2) is 9.97 Å². The quantitative estimate of drug-likeness (QED) is 0.497. The van der Waals surface area contributed by atoms with E-state index in [9.17, 15) is 0 Å². The number of ether oxygens (including phenoxy) is 2. The van der Waals surface area contributed by atoms with Gasteiger partial charge in [0.1, 0.15) is 16.2 Å². The molecule has 0 aliphatic heterocycles. The van der Waals surface area contributed by atoms with Crippen molar-refractivity contribution >= 4 is 22.7 Å². The molecule has 0 atom stereocenters. The molecule has 129 valence electrons. The molecule has 0 saturated heterocycles. The first-order valence-electron chi connectivity index (χ1n) is 7.75. The lowest BCUT2D eigenvalue weighted by atomic mass is 10.2. The van der Waals surface area contributed by atoms with E-state index < -0.39 is 0 Å². The molecule has 0 unspecified atom stereocenters. The summed E-state index contributed by atoms with van der Waals surface area (Å²) < 4.78 is 10.7. The summed E-state index contributed by atoms with van der Waals surface area (Å²) in [4.78, 5) is 14.2. The lowest BCUT2D eigenvalue weighted by Gasteiger charge is -2.08. The summed E-state index contributed by atoms with van der Waals surface area (Å²) >= 11 is 3.13. The first kappa shape index (κ1) is 16.7. The molecule has 5 nitrogen and oxygen atoms in total. The summed E-state index contributed by atoms with van der Waals surface area (Å²) in [5, 5.41) is 3.81. The van der Waals surface area contributed by atoms with Crippen molar-refractivity contribution in [2.75, 3.05) is 14.2 Å². The third-order valence-corrected chi connectivity index (χ3v) is 5.65. The van der Waals surface area contributed by atoms with Crippen LogP contribution < -0.4 is 9.47 Å². The van der Waals surface area contributed by atoms with Gasteiger partial charge in [0.2, 0.25) is 0 Å². The zero-order valence-corrected chi connectivity index (χ0v) is 15.7. The third-order valence-electron chi connectivity index (χ3n) is 3.73. The van der Waals surface area contributed by atoms with E-state index in [4.69, 9.17) is 14.5 Å². The number of hydrogen-bond acceptors (Lipinski definition) is 7. The molecule has 3 aromatic heterocycles. The number of nitrogens with zero attached hydrogens (tertiary/aromatic N) is 3. The maximum atomic E-state index is 5.37. The van der Waals surface area contributed by atoms with Gasteiger partial charge in [0, 0.05) is 28.9 Å². The van der Waals surface area contributed by atoms with Gasteiger partial charge in [0.05, 0.1) is 24.8 Å². The molecule has 0 fully saturated rings. The second kappa shape index (κ2) is 7.23. The first-order chi connectivity index (χ1) is 12.8. The first-order valence-corrected chi connectivity index (χ1v) is 9.45. The highest BCUT2D eigenvalue weighted by atomic mass is 32.1. The van der Waals surface area contributed by atoms with Gasteiger partial charge in [0.25, 0.3) is 0 Å². The molecule has 4 rings (SSSR count). The molecule has 0 amide bonds. The minimum absolute atomic E-state index is 0.675. The maximum absolute atomic E-state index is 5.37. The number of methoxy groups -OCH3 is 2. The fourth-order valence-electron chi connectivity index (χ4n) is 2.45. The Morgan fingerprint density at radius 3 is 2.65 bits per heavy atom. The summed E-state index contributed by atoms with van der Waals surface area (Å²) in [5.41, 5.74) is 2.84. The molecule has 4 aromatic rings. The van der Waals surface area contributed by atoms with Crippen molar-refractivity contribution in [3.05, 3.63) is 54.3 Å². The monoisotopic (exact) mass is 380 g/mol. The topological polar surface area (TPSA) is 57.1 Å². The lowest BCUT2D eigenvalue weighted by Crippen LogP contribution is -1.90. The average molecular weight is 380 g/mol. The molecule has 0 bridgehead atoms. The van der Waals surface area contributed by atoms with Crippen molar-refractivity contribution in [3.8, 4) is 43.2 Å². The molecular weight excluding hydrogens is 366 g/mol. The molecular formula is C19H14N3O2S2. The molecule has 0 aliphatic rings. The second-order valence-corrected chi connectivity index (χ2v) is 7.17. The number of rotatable bonds is 5. The van der Waals surface area contributed by atoms with Crippen LogP contribution in [0.5, 0.6) is 11.5 Å². The van der Waals surface area contributed by atoms with Crippen LogP contribution in [0.3, 0.4) is 0 Å². The van der Waals surface area contributed by atoms with E-state index in [0.29, 0.717) is 11.5 Å². The highest BCUT2D eigenvalue weighted by Gasteiger charge is 2.13. The van der Waals surface area contributed by atoms with Crippen molar-refractivity contribution in [3.63, 3.8) is 0 Å². The fraction of sp³-hybridized carbons (Fsp3) is 0.105. The summed E-state index contributed by atoms with van der Waals surface area (Å²) in [6, 6.07) is 9.65. The van der Waals surface area contributed by atoms with Crippen LogP contribution in [-0.2, 0) is 0 Å². The predicted molar refractivity (Wildman–Crippen MR) is 104 cm³/mol. The van der Waals surface area contributed by atoms with E-state index in [1.807, 2.05) is 41.9 Å². The van der Waals surface area contributed by atoms with E-state index in [2.05, 4.69) is 16.2 Å². The summed E-state index contributed by atoms with van der Waals surface area (Å²) in [6.45, 7) is 0. The Morgan fingerprint density at radius 2 is 1.88 bits per heavy atom. The van der Waals surface area contributed by atoms with Crippen LogP contribution in [0.1, 0.15) is 0 Å². The minimum atomic E-state index is 0.675. The van der Waals surface area contributed by atoms with E-state index in [1.165, 1.54) is 0 Å². The molecule has 0 saturated carbocycles. The van der Waals surface area contributed by atoms with Crippen LogP contribution in [0.25, 0.3) is 31.7 Å². The van der Waals surface area contributed by atoms with Gasteiger partial charge in [-0.2, -0.15) is 0 Å². The van der Waals surface area contributed by atoms with Gasteiger partial charge in [-0.3, -0.25) is 4.98 Å². The van der Waals surface area contributed by atoms with Crippen LogP contribution >= 0.6 is 22.7 Å². The standard InChI is InChI=1S/C19H14N3O2S2/c1-23-15-6-5-12(8-16(15)24-2)18-21-10-17(26-18)14-11-25-19(22-14)13-4-3-7-20-9-13/h3-9,11H,1-2H3. The Labute approximate surface area is 158 Å². The molecule has 0 aliphatic carbocycles. The minimum Gasteiger partial charge on any atom is -0.493 e. The van der Waals surface area contributed by atoms with Crippen molar-refractivity contribution in [2.24, 2.45) is 0 Å². The largest absolute Gasteiger partial charge is 0.493 e. The Hall–Kier alpha value is -2.77. The normalized spacial score (nSPS) is 10.7. The van der Waals surface area contributed by atoms with Crippen molar-refractivity contribution in [1.29, 1.82) is 0 Å². The summed E-state index contributed by atoms with van der Waals surface area (Å²) in [7, 11) is 3.24. The maximum Gasteiger partial charge on any atom is 0.161 e. The third kappa shape index (κ3) is 3.18. The Balaban J connectivity index is 1.64. The molecule has 7 heteroatoms. The Kier molecular flexibility index (Phi) is 4.64. The van der Waals surface area contributed by atoms with Crippen LogP contribution in [0.2, 0.25) is 0 Å². The molecule has 26 heavy (non-hydrogen) atoms. The number of aromatic nitrogens is 3. The number of benzene rings is 1. The molecule has 1 radical (unpaired) electrons. The molecule has 1 aromatic carbocycles. The molecule has 0 N–H and O–H groups in total. The van der Waals surface area contributed by atoms with Crippen molar-refractivity contribution in [2.45, 2.75) is 0 Å². The van der Waals surface area contributed by atoms with Gasteiger partial charge in [-0.15, -0.1) is 22.7 Å². The second-order valence-electron chi connectivity index (χ2n) is 5.31. The number of hydrogen-bond donors (Lipinski definition) is 0. The van der Waals surface area contributed by atoms with Gasteiger partial charge in [-0.05, 0) is 30.3 Å². The van der Waals surface area contributed by atoms with E-state index in [0.717, 1.165) is 31.7 Å². The van der Waals surface area contributed by atoms with Gasteiger partial charge >= 0.3 is 0 Å². The van der Waals surface area contributed by atoms with Crippen LogP contribution in [0.4, 0.5) is 0 Å². The molecule has 3 heterocycles.